The highest BCUT2D eigenvalue weighted by Crippen LogP contribution is 2.64. The van der Waals surface area contributed by atoms with Crippen LogP contribution >= 0.6 is 0 Å². The molecule has 8 atom stereocenters. The normalized spacial score (nSPS) is 46.6. The first-order chi connectivity index (χ1) is 13.9. The second-order valence-electron chi connectivity index (χ2n) is 10.8. The summed E-state index contributed by atoms with van der Waals surface area (Å²) in [4.78, 5) is 17.3. The zero-order valence-electron chi connectivity index (χ0n) is 17.5. The molecule has 160 valence electrons. The lowest BCUT2D eigenvalue weighted by atomic mass is 9.49. The fourth-order valence-electron chi connectivity index (χ4n) is 8.23. The maximum absolute atomic E-state index is 13.3. The molecular weight excluding hydrogens is 369 g/mol. The maximum Gasteiger partial charge on any atom is 0.201 e. The smallest absolute Gasteiger partial charge is 0.201 e. The number of carbonyl (C=O) groups is 1. The monoisotopic (exact) mass is 403 g/mol. The maximum atomic E-state index is 13.3. The van der Waals surface area contributed by atoms with E-state index >= 15 is 0 Å². The van der Waals surface area contributed by atoms with Crippen LogP contribution in [-0.4, -0.2) is 28.1 Å². The summed E-state index contributed by atoms with van der Waals surface area (Å²) in [5.41, 5.74) is -0.964. The highest BCUT2D eigenvalue weighted by molar-refractivity contribution is 5.83. The quantitative estimate of drug-likeness (QED) is 0.788. The van der Waals surface area contributed by atoms with Crippen molar-refractivity contribution in [2.75, 3.05) is 6.67 Å². The molecule has 0 aliphatic heterocycles. The van der Waals surface area contributed by atoms with Crippen LogP contribution in [0.1, 0.15) is 70.6 Å². The number of rotatable bonds is 4. The first-order valence-corrected chi connectivity index (χ1v) is 11.6. The van der Waals surface area contributed by atoms with Crippen LogP contribution < -0.4 is 0 Å². The Labute approximate surface area is 172 Å². The summed E-state index contributed by atoms with van der Waals surface area (Å²) in [7, 11) is 0. The first kappa shape index (κ1) is 19.7. The standard InChI is InChI=1S/C24H34FNO3/c1-23-8-6-17-16-7-9-24(28,14-25)13-15(16)2-3-18(17)19(23)4-5-20(23)21(27)12-22-26-10-11-29-22/h10-11,15-20,28H,2-9,12-14H2,1H3/t15-,16+,17-,18-,19+,20-,23+,24-/m1/s1. The lowest BCUT2D eigenvalue weighted by Crippen LogP contribution is -2.52. The van der Waals surface area contributed by atoms with E-state index in [4.69, 9.17) is 4.42 Å². The van der Waals surface area contributed by atoms with E-state index in [9.17, 15) is 14.3 Å². The Morgan fingerprint density at radius 3 is 2.76 bits per heavy atom. The van der Waals surface area contributed by atoms with E-state index in [0.717, 1.165) is 32.1 Å². The van der Waals surface area contributed by atoms with Crippen molar-refractivity contribution in [2.45, 2.75) is 76.7 Å². The minimum absolute atomic E-state index is 0.103. The molecule has 4 nitrogen and oxygen atoms in total. The number of halogens is 1. The van der Waals surface area contributed by atoms with E-state index < -0.39 is 12.3 Å². The highest BCUT2D eigenvalue weighted by atomic mass is 19.1. The molecule has 1 N–H and O–H groups in total. The third-order valence-electron chi connectivity index (χ3n) is 9.55. The van der Waals surface area contributed by atoms with Crippen LogP contribution in [0, 0.1) is 40.9 Å². The topological polar surface area (TPSA) is 63.3 Å². The summed E-state index contributed by atoms with van der Waals surface area (Å²) in [6, 6.07) is 0. The van der Waals surface area contributed by atoms with Gasteiger partial charge in [-0.3, -0.25) is 4.79 Å². The van der Waals surface area contributed by atoms with Crippen molar-refractivity contribution < 1.29 is 18.7 Å². The molecule has 1 aromatic rings. The summed E-state index contributed by atoms with van der Waals surface area (Å²) in [6.45, 7) is 1.77. The second kappa shape index (κ2) is 7.18. The number of alkyl halides is 1. The lowest BCUT2D eigenvalue weighted by molar-refractivity contribution is -0.133. The van der Waals surface area contributed by atoms with Crippen LogP contribution in [0.4, 0.5) is 4.39 Å². The highest BCUT2D eigenvalue weighted by Gasteiger charge is 2.59. The molecule has 0 spiro atoms. The van der Waals surface area contributed by atoms with E-state index in [-0.39, 0.29) is 11.3 Å². The van der Waals surface area contributed by atoms with Crippen molar-refractivity contribution in [3.63, 3.8) is 0 Å². The fourth-order valence-corrected chi connectivity index (χ4v) is 8.23. The van der Waals surface area contributed by atoms with Gasteiger partial charge in [-0.05, 0) is 92.8 Å². The van der Waals surface area contributed by atoms with Gasteiger partial charge in [0.15, 0.2) is 0 Å². The summed E-state index contributed by atoms with van der Waals surface area (Å²) in [6.07, 6.45) is 12.5. The van der Waals surface area contributed by atoms with Crippen LogP contribution in [0.5, 0.6) is 0 Å². The lowest BCUT2D eigenvalue weighted by Gasteiger charge is -2.56. The summed E-state index contributed by atoms with van der Waals surface area (Å²) >= 11 is 0. The molecule has 0 amide bonds. The summed E-state index contributed by atoms with van der Waals surface area (Å²) in [5, 5.41) is 10.5. The Balaban J connectivity index is 1.31. The zero-order valence-corrected chi connectivity index (χ0v) is 17.5. The number of hydrogen-bond donors (Lipinski definition) is 1. The van der Waals surface area contributed by atoms with Crippen molar-refractivity contribution in [1.29, 1.82) is 0 Å². The van der Waals surface area contributed by atoms with Gasteiger partial charge >= 0.3 is 0 Å². The van der Waals surface area contributed by atoms with Gasteiger partial charge < -0.3 is 9.52 Å². The van der Waals surface area contributed by atoms with E-state index in [1.54, 1.807) is 12.5 Å². The van der Waals surface area contributed by atoms with Gasteiger partial charge in [0.05, 0.1) is 18.2 Å². The molecule has 4 fully saturated rings. The van der Waals surface area contributed by atoms with Crippen LogP contribution in [0.25, 0.3) is 0 Å². The molecule has 5 rings (SSSR count). The van der Waals surface area contributed by atoms with Crippen molar-refractivity contribution in [1.82, 2.24) is 4.98 Å². The molecule has 4 aliphatic carbocycles. The Hall–Kier alpha value is -1.23. The predicted octanol–water partition coefficient (Wildman–Crippen LogP) is 4.76. The number of fused-ring (bicyclic) bond motifs is 5. The molecule has 1 heterocycles. The minimum atomic E-state index is -1.07. The van der Waals surface area contributed by atoms with Gasteiger partial charge in [0.1, 0.15) is 18.7 Å². The van der Waals surface area contributed by atoms with Crippen LogP contribution in [-0.2, 0) is 11.2 Å². The summed E-state index contributed by atoms with van der Waals surface area (Å²) in [5.74, 6) is 4.13. The number of oxazole rings is 1. The molecule has 0 bridgehead atoms. The van der Waals surface area contributed by atoms with Gasteiger partial charge in [0, 0.05) is 5.92 Å². The molecular formula is C24H34FNO3. The number of hydrogen-bond acceptors (Lipinski definition) is 4. The van der Waals surface area contributed by atoms with Gasteiger partial charge in [-0.1, -0.05) is 6.92 Å². The molecule has 0 radical (unpaired) electrons. The Morgan fingerprint density at radius 1 is 1.17 bits per heavy atom. The number of carbonyl (C=O) groups excluding carboxylic acids is 1. The van der Waals surface area contributed by atoms with Crippen LogP contribution in [0.2, 0.25) is 0 Å². The molecule has 4 saturated carbocycles. The fraction of sp³-hybridized carbons (Fsp3) is 0.833. The van der Waals surface area contributed by atoms with Crippen LogP contribution in [0.3, 0.4) is 0 Å². The predicted molar refractivity (Wildman–Crippen MR) is 107 cm³/mol. The molecule has 5 heteroatoms. The molecule has 0 unspecified atom stereocenters. The van der Waals surface area contributed by atoms with Crippen LogP contribution in [0.15, 0.2) is 16.9 Å². The first-order valence-electron chi connectivity index (χ1n) is 11.6. The largest absolute Gasteiger partial charge is 0.449 e. The molecule has 0 saturated heterocycles. The number of aliphatic hydroxyl groups is 1. The van der Waals surface area contributed by atoms with Gasteiger partial charge in [-0.25, -0.2) is 9.37 Å². The van der Waals surface area contributed by atoms with Crippen molar-refractivity contribution >= 4 is 5.78 Å². The average molecular weight is 404 g/mol. The Morgan fingerprint density at radius 2 is 2.00 bits per heavy atom. The third kappa shape index (κ3) is 3.19. The van der Waals surface area contributed by atoms with Gasteiger partial charge in [0.25, 0.3) is 0 Å². The van der Waals surface area contributed by atoms with E-state index in [1.807, 2.05) is 0 Å². The molecule has 29 heavy (non-hydrogen) atoms. The summed E-state index contributed by atoms with van der Waals surface area (Å²) < 4.78 is 18.7. The SMILES string of the molecule is C[C@]12CC[C@H]3[C@@H](CC[C@@H]4C[C@@](O)(CF)CC[C@@H]43)[C@@H]1CC[C@@H]2C(=O)Cc1ncco1. The van der Waals surface area contributed by atoms with Crippen molar-refractivity contribution in [3.8, 4) is 0 Å². The second-order valence-corrected chi connectivity index (χ2v) is 10.8. The number of Topliss-reactive ketones (excluding diaryl/α,β-unsaturated/α-hetero) is 1. The van der Waals surface area contributed by atoms with Gasteiger partial charge in [-0.15, -0.1) is 0 Å². The zero-order chi connectivity index (χ0) is 20.2. The number of nitrogens with zero attached hydrogens (tertiary/aromatic N) is 1. The number of aromatic nitrogens is 1. The van der Waals surface area contributed by atoms with Crippen molar-refractivity contribution in [2.24, 2.45) is 40.9 Å². The average Bonchev–Trinajstić information content (AvgIpc) is 3.34. The molecule has 0 aromatic carbocycles. The minimum Gasteiger partial charge on any atom is -0.449 e. The van der Waals surface area contributed by atoms with E-state index in [0.29, 0.717) is 60.5 Å². The molecule has 4 aliphatic rings. The third-order valence-corrected chi connectivity index (χ3v) is 9.55. The Bertz CT molecular complexity index is 751. The van der Waals surface area contributed by atoms with Gasteiger partial charge in [-0.2, -0.15) is 0 Å². The van der Waals surface area contributed by atoms with E-state index in [1.165, 1.54) is 12.8 Å². The van der Waals surface area contributed by atoms with E-state index in [2.05, 4.69) is 11.9 Å². The van der Waals surface area contributed by atoms with Gasteiger partial charge in [0.2, 0.25) is 5.89 Å². The van der Waals surface area contributed by atoms with Crippen molar-refractivity contribution in [3.05, 3.63) is 18.4 Å². The molecule has 1 aromatic heterocycles. The number of ketones is 1. The Kier molecular flexibility index (Phi) is 4.88.